The summed E-state index contributed by atoms with van der Waals surface area (Å²) < 4.78 is 0. The third-order valence-electron chi connectivity index (χ3n) is 2.22. The van der Waals surface area contributed by atoms with E-state index in [4.69, 9.17) is 11.5 Å². The maximum Gasteiger partial charge on any atom is 0.0656 e. The molecule has 1 aromatic carbocycles. The van der Waals surface area contributed by atoms with Crippen LogP contribution in [0.3, 0.4) is 0 Å². The van der Waals surface area contributed by atoms with Crippen molar-refractivity contribution >= 4 is 11.4 Å². The van der Waals surface area contributed by atoms with E-state index in [1.807, 2.05) is 19.1 Å². The fraction of sp³-hybridized carbons (Fsp3) is 0.400. The van der Waals surface area contributed by atoms with E-state index in [9.17, 15) is 0 Å². The van der Waals surface area contributed by atoms with Gasteiger partial charge in [0.1, 0.15) is 0 Å². The average Bonchev–Trinajstić information content (AvgIpc) is 2.13. The quantitative estimate of drug-likeness (QED) is 0.543. The summed E-state index contributed by atoms with van der Waals surface area (Å²) in [6, 6.07) is 5.98. The molecule has 0 fully saturated rings. The van der Waals surface area contributed by atoms with Crippen LogP contribution in [0, 0.1) is 6.92 Å². The number of anilines is 2. The largest absolute Gasteiger partial charge is 0.399 e. The van der Waals surface area contributed by atoms with E-state index in [2.05, 4.69) is 17.9 Å². The lowest BCUT2D eigenvalue weighted by atomic mass is 10.2. The van der Waals surface area contributed by atoms with Crippen LogP contribution in [0.5, 0.6) is 0 Å². The molecule has 3 heteroatoms. The number of nitrogen functional groups attached to an aromatic ring is 1. The molecule has 0 aliphatic heterocycles. The molecule has 4 N–H and O–H groups in total. The fourth-order valence-corrected chi connectivity index (χ4v) is 1.27. The normalized spacial score (nSPS) is 10.1. The Morgan fingerprint density at radius 2 is 2.08 bits per heavy atom. The zero-order chi connectivity index (χ0) is 9.84. The number of hydrogen-bond acceptors (Lipinski definition) is 3. The molecule has 0 aliphatic carbocycles. The molecule has 0 heterocycles. The summed E-state index contributed by atoms with van der Waals surface area (Å²) in [5.41, 5.74) is 14.4. The van der Waals surface area contributed by atoms with Gasteiger partial charge in [0.2, 0.25) is 0 Å². The van der Waals surface area contributed by atoms with Crippen molar-refractivity contribution in [3.8, 4) is 0 Å². The van der Waals surface area contributed by atoms with Gasteiger partial charge in [-0.1, -0.05) is 0 Å². The van der Waals surface area contributed by atoms with Gasteiger partial charge in [-0.25, -0.2) is 0 Å². The second-order valence-corrected chi connectivity index (χ2v) is 3.08. The van der Waals surface area contributed by atoms with Crippen LogP contribution in [-0.2, 0) is 0 Å². The minimum absolute atomic E-state index is 0.542. The molecule has 0 spiro atoms. The summed E-state index contributed by atoms with van der Waals surface area (Å²) >= 11 is 0. The van der Waals surface area contributed by atoms with Gasteiger partial charge >= 0.3 is 0 Å². The Kier molecular flexibility index (Phi) is 3.14. The summed E-state index contributed by atoms with van der Waals surface area (Å²) in [7, 11) is 0. The van der Waals surface area contributed by atoms with Gasteiger partial charge in [-0.3, -0.25) is 0 Å². The van der Waals surface area contributed by atoms with E-state index in [1.54, 1.807) is 0 Å². The van der Waals surface area contributed by atoms with Gasteiger partial charge in [-0.15, -0.1) is 0 Å². The van der Waals surface area contributed by atoms with Crippen molar-refractivity contribution < 1.29 is 0 Å². The predicted octanol–water partition coefficient (Wildman–Crippen LogP) is 1.32. The van der Waals surface area contributed by atoms with Crippen molar-refractivity contribution in [1.29, 1.82) is 0 Å². The van der Waals surface area contributed by atoms with Crippen LogP contribution in [0.4, 0.5) is 11.4 Å². The van der Waals surface area contributed by atoms with Crippen LogP contribution >= 0.6 is 0 Å². The number of aryl methyl sites for hydroxylation is 1. The zero-order valence-corrected chi connectivity index (χ0v) is 8.25. The second-order valence-electron chi connectivity index (χ2n) is 3.08. The van der Waals surface area contributed by atoms with Gasteiger partial charge in [-0.05, 0) is 37.6 Å². The number of nitrogens with zero attached hydrogens (tertiary/aromatic N) is 1. The van der Waals surface area contributed by atoms with Crippen LogP contribution in [0.2, 0.25) is 0 Å². The van der Waals surface area contributed by atoms with Crippen LogP contribution in [-0.4, -0.2) is 13.2 Å². The van der Waals surface area contributed by atoms with Crippen LogP contribution < -0.4 is 16.4 Å². The highest BCUT2D eigenvalue weighted by atomic mass is 15.2. The zero-order valence-electron chi connectivity index (χ0n) is 8.25. The Labute approximate surface area is 79.3 Å². The number of nitrogens with two attached hydrogens (primary N) is 2. The van der Waals surface area contributed by atoms with E-state index < -0.39 is 0 Å². The Balaban J connectivity index is 2.95. The van der Waals surface area contributed by atoms with E-state index in [-0.39, 0.29) is 0 Å². The van der Waals surface area contributed by atoms with E-state index >= 15 is 0 Å². The molecule has 3 nitrogen and oxygen atoms in total. The lowest BCUT2D eigenvalue weighted by Gasteiger charge is -2.21. The van der Waals surface area contributed by atoms with Crippen molar-refractivity contribution in [3.05, 3.63) is 23.8 Å². The Hall–Kier alpha value is -1.22. The molecule has 0 amide bonds. The van der Waals surface area contributed by atoms with Crippen LogP contribution in [0.15, 0.2) is 18.2 Å². The average molecular weight is 179 g/mol. The summed E-state index contributed by atoms with van der Waals surface area (Å²) in [4.78, 5) is 2.09. The minimum Gasteiger partial charge on any atom is -0.399 e. The molecule has 0 bridgehead atoms. The topological polar surface area (TPSA) is 55.3 Å². The third-order valence-corrected chi connectivity index (χ3v) is 2.22. The molecule has 0 aliphatic rings. The highest BCUT2D eigenvalue weighted by Gasteiger charge is 2.02. The van der Waals surface area contributed by atoms with E-state index in [1.165, 1.54) is 0 Å². The van der Waals surface area contributed by atoms with Gasteiger partial charge in [0, 0.05) is 17.9 Å². The highest BCUT2D eigenvalue weighted by molar-refractivity contribution is 5.57. The van der Waals surface area contributed by atoms with Crippen molar-refractivity contribution in [2.45, 2.75) is 13.8 Å². The minimum atomic E-state index is 0.542. The molecule has 0 atom stereocenters. The van der Waals surface area contributed by atoms with E-state index in [0.717, 1.165) is 23.5 Å². The number of rotatable bonds is 3. The van der Waals surface area contributed by atoms with Gasteiger partial charge < -0.3 is 16.4 Å². The van der Waals surface area contributed by atoms with Crippen molar-refractivity contribution in [2.75, 3.05) is 23.8 Å². The molecule has 0 saturated heterocycles. The summed E-state index contributed by atoms with van der Waals surface area (Å²) in [6.45, 7) is 5.54. The first-order chi connectivity index (χ1) is 6.19. The molecule has 13 heavy (non-hydrogen) atoms. The monoisotopic (exact) mass is 179 g/mol. The first-order valence-corrected chi connectivity index (χ1v) is 4.50. The highest BCUT2D eigenvalue weighted by Crippen LogP contribution is 2.19. The van der Waals surface area contributed by atoms with Crippen LogP contribution in [0.25, 0.3) is 0 Å². The van der Waals surface area contributed by atoms with Crippen molar-refractivity contribution in [2.24, 2.45) is 5.73 Å². The molecule has 0 saturated carbocycles. The molecule has 1 rings (SSSR count). The predicted molar refractivity (Wildman–Crippen MR) is 57.7 cm³/mol. The first-order valence-electron chi connectivity index (χ1n) is 4.50. The van der Waals surface area contributed by atoms with Crippen molar-refractivity contribution in [1.82, 2.24) is 0 Å². The molecular formula is C10H17N3. The maximum atomic E-state index is 5.72. The fourth-order valence-electron chi connectivity index (χ4n) is 1.27. The smallest absolute Gasteiger partial charge is 0.0656 e. The summed E-state index contributed by atoms with van der Waals surface area (Å²) in [6.07, 6.45) is 0. The molecule has 0 unspecified atom stereocenters. The molecule has 1 aromatic rings. The third kappa shape index (κ3) is 2.12. The van der Waals surface area contributed by atoms with Crippen LogP contribution in [0.1, 0.15) is 12.5 Å². The summed E-state index contributed by atoms with van der Waals surface area (Å²) in [5.74, 6) is 0. The van der Waals surface area contributed by atoms with Gasteiger partial charge in [0.15, 0.2) is 0 Å². The standard InChI is InChI=1S/C10H17N3/c1-3-13(7-11)9-4-5-10(12)8(2)6-9/h4-6H,3,7,11-12H2,1-2H3. The maximum absolute atomic E-state index is 5.72. The van der Waals surface area contributed by atoms with Gasteiger partial charge in [0.05, 0.1) is 6.67 Å². The molecule has 0 aromatic heterocycles. The number of hydrogen-bond donors (Lipinski definition) is 2. The van der Waals surface area contributed by atoms with E-state index in [0.29, 0.717) is 6.67 Å². The first kappa shape index (κ1) is 9.86. The second kappa shape index (κ2) is 4.14. The molecule has 0 radical (unpaired) electrons. The Morgan fingerprint density at radius 3 is 2.54 bits per heavy atom. The Morgan fingerprint density at radius 1 is 1.38 bits per heavy atom. The summed E-state index contributed by atoms with van der Waals surface area (Å²) in [5, 5.41) is 0. The molecule has 72 valence electrons. The number of benzene rings is 1. The molecular weight excluding hydrogens is 162 g/mol. The van der Waals surface area contributed by atoms with Crippen molar-refractivity contribution in [3.63, 3.8) is 0 Å². The lowest BCUT2D eigenvalue weighted by Crippen LogP contribution is -2.29. The Bertz CT molecular complexity index is 279. The van der Waals surface area contributed by atoms with Gasteiger partial charge in [0.25, 0.3) is 0 Å². The lowest BCUT2D eigenvalue weighted by molar-refractivity contribution is 0.843. The SMILES string of the molecule is CCN(CN)c1ccc(N)c(C)c1. The van der Waals surface area contributed by atoms with Gasteiger partial charge in [-0.2, -0.15) is 0 Å².